The molecule has 0 aliphatic heterocycles. The van der Waals surface area contributed by atoms with Crippen LogP contribution in [0.4, 0.5) is 5.69 Å². The Hall–Kier alpha value is -2.45. The molecule has 0 saturated carbocycles. The summed E-state index contributed by atoms with van der Waals surface area (Å²) in [7, 11) is 0. The Bertz CT molecular complexity index is 696. The van der Waals surface area contributed by atoms with E-state index in [0.29, 0.717) is 6.61 Å². The minimum atomic E-state index is 0.586. The number of benzene rings is 3. The summed E-state index contributed by atoms with van der Waals surface area (Å²) in [4.78, 5) is 0. The number of hydrogen-bond acceptors (Lipinski definition) is 2. The van der Waals surface area contributed by atoms with Gasteiger partial charge in [-0.1, -0.05) is 53.6 Å². The summed E-state index contributed by atoms with van der Waals surface area (Å²) in [5, 5.41) is 4.12. The molecule has 0 aliphatic carbocycles. The Labute approximate surface area is 148 Å². The maximum atomic E-state index is 5.89. The van der Waals surface area contributed by atoms with Crippen molar-refractivity contribution in [3.05, 3.63) is 94.5 Å². The smallest absolute Gasteiger partial charge is 0.119 e. The van der Waals surface area contributed by atoms with Crippen molar-refractivity contribution < 1.29 is 4.74 Å². The van der Waals surface area contributed by atoms with Crippen LogP contribution in [0.5, 0.6) is 5.75 Å². The second kappa shape index (κ2) is 7.89. The molecule has 122 valence electrons. The molecule has 0 amide bonds. The average molecular weight is 338 g/mol. The summed E-state index contributed by atoms with van der Waals surface area (Å²) in [5.41, 5.74) is 4.69. The highest BCUT2D eigenvalue weighted by atomic mass is 35.5. The van der Waals surface area contributed by atoms with Crippen molar-refractivity contribution in [1.82, 2.24) is 0 Å². The second-order valence-electron chi connectivity index (χ2n) is 5.78. The van der Waals surface area contributed by atoms with Crippen LogP contribution >= 0.6 is 11.6 Å². The molecule has 0 fully saturated rings. The topological polar surface area (TPSA) is 21.3 Å². The van der Waals surface area contributed by atoms with Gasteiger partial charge in [0.05, 0.1) is 0 Å². The predicted molar refractivity (Wildman–Crippen MR) is 101 cm³/mol. The lowest BCUT2D eigenvalue weighted by atomic mass is 10.2. The first-order valence-corrected chi connectivity index (χ1v) is 8.33. The molecule has 2 nitrogen and oxygen atoms in total. The molecule has 0 aromatic heterocycles. The van der Waals surface area contributed by atoms with Gasteiger partial charge in [0.1, 0.15) is 12.4 Å². The van der Waals surface area contributed by atoms with Crippen molar-refractivity contribution in [1.29, 1.82) is 0 Å². The minimum absolute atomic E-state index is 0.586. The van der Waals surface area contributed by atoms with E-state index in [2.05, 4.69) is 48.6 Å². The molecular weight excluding hydrogens is 318 g/mol. The molecule has 3 rings (SSSR count). The van der Waals surface area contributed by atoms with Gasteiger partial charge in [-0.3, -0.25) is 0 Å². The highest BCUT2D eigenvalue weighted by molar-refractivity contribution is 6.30. The monoisotopic (exact) mass is 337 g/mol. The minimum Gasteiger partial charge on any atom is -0.489 e. The van der Waals surface area contributed by atoms with E-state index in [9.17, 15) is 0 Å². The third kappa shape index (κ3) is 4.77. The summed E-state index contributed by atoms with van der Waals surface area (Å²) in [6.45, 7) is 3.43. The molecule has 0 spiro atoms. The van der Waals surface area contributed by atoms with Gasteiger partial charge < -0.3 is 10.1 Å². The quantitative estimate of drug-likeness (QED) is 0.610. The van der Waals surface area contributed by atoms with E-state index in [1.807, 2.05) is 36.4 Å². The van der Waals surface area contributed by atoms with E-state index in [1.165, 1.54) is 16.7 Å². The molecule has 0 heterocycles. The number of halogens is 1. The third-order valence-corrected chi connectivity index (χ3v) is 4.04. The summed E-state index contributed by atoms with van der Waals surface area (Å²) in [6.07, 6.45) is 0. The van der Waals surface area contributed by atoms with Crippen LogP contribution in [0.2, 0.25) is 5.02 Å². The van der Waals surface area contributed by atoms with E-state index in [-0.39, 0.29) is 0 Å². The highest BCUT2D eigenvalue weighted by Crippen LogP contribution is 2.17. The van der Waals surface area contributed by atoms with Crippen LogP contribution in [0.25, 0.3) is 0 Å². The average Bonchev–Trinajstić information content (AvgIpc) is 2.62. The molecular formula is C21H20ClNO. The third-order valence-electron chi connectivity index (χ3n) is 3.79. The van der Waals surface area contributed by atoms with Crippen molar-refractivity contribution in [2.45, 2.75) is 20.1 Å². The highest BCUT2D eigenvalue weighted by Gasteiger charge is 1.98. The van der Waals surface area contributed by atoms with Crippen LogP contribution in [0, 0.1) is 6.92 Å². The standard InChI is InChI=1S/C21H20ClNO/c1-16-2-4-18(5-3-16)15-24-21-12-6-17(7-13-21)14-23-20-10-8-19(22)9-11-20/h2-13,23H,14-15H2,1H3. The molecule has 0 bridgehead atoms. The zero-order valence-electron chi connectivity index (χ0n) is 13.6. The summed E-state index contributed by atoms with van der Waals surface area (Å²) < 4.78 is 5.83. The SMILES string of the molecule is Cc1ccc(COc2ccc(CNc3ccc(Cl)cc3)cc2)cc1. The molecule has 0 saturated heterocycles. The summed E-state index contributed by atoms with van der Waals surface area (Å²) in [5.74, 6) is 0.880. The number of anilines is 1. The van der Waals surface area contributed by atoms with Crippen LogP contribution in [0.3, 0.4) is 0 Å². The molecule has 0 atom stereocenters. The van der Waals surface area contributed by atoms with Gasteiger partial charge in [-0.15, -0.1) is 0 Å². The molecule has 0 unspecified atom stereocenters. The predicted octanol–water partition coefficient (Wildman–Crippen LogP) is 5.84. The van der Waals surface area contributed by atoms with Crippen LogP contribution < -0.4 is 10.1 Å². The maximum absolute atomic E-state index is 5.89. The fourth-order valence-corrected chi connectivity index (χ4v) is 2.45. The van der Waals surface area contributed by atoms with Gasteiger partial charge in [-0.05, 0) is 54.4 Å². The fraction of sp³-hybridized carbons (Fsp3) is 0.143. The first-order valence-electron chi connectivity index (χ1n) is 7.96. The molecule has 3 aromatic rings. The van der Waals surface area contributed by atoms with Crippen LogP contribution in [0.1, 0.15) is 16.7 Å². The second-order valence-corrected chi connectivity index (χ2v) is 6.22. The van der Waals surface area contributed by atoms with Crippen molar-refractivity contribution >= 4 is 17.3 Å². The molecule has 0 aliphatic rings. The van der Waals surface area contributed by atoms with E-state index in [1.54, 1.807) is 0 Å². The summed E-state index contributed by atoms with van der Waals surface area (Å²) in [6, 6.07) is 24.3. The number of aryl methyl sites for hydroxylation is 1. The van der Waals surface area contributed by atoms with Crippen molar-refractivity contribution in [3.8, 4) is 5.75 Å². The summed E-state index contributed by atoms with van der Waals surface area (Å²) >= 11 is 5.89. The van der Waals surface area contributed by atoms with Gasteiger partial charge >= 0.3 is 0 Å². The first kappa shape index (κ1) is 16.4. The van der Waals surface area contributed by atoms with Gasteiger partial charge in [0.2, 0.25) is 0 Å². The van der Waals surface area contributed by atoms with E-state index in [0.717, 1.165) is 23.0 Å². The van der Waals surface area contributed by atoms with Crippen molar-refractivity contribution in [2.24, 2.45) is 0 Å². The number of rotatable bonds is 6. The van der Waals surface area contributed by atoms with Crippen molar-refractivity contribution in [3.63, 3.8) is 0 Å². The Balaban J connectivity index is 1.51. The van der Waals surface area contributed by atoms with Crippen molar-refractivity contribution in [2.75, 3.05) is 5.32 Å². The lowest BCUT2D eigenvalue weighted by Crippen LogP contribution is -1.99. The van der Waals surface area contributed by atoms with Crippen LogP contribution in [0.15, 0.2) is 72.8 Å². The van der Waals surface area contributed by atoms with Gasteiger partial charge in [0, 0.05) is 17.3 Å². The number of nitrogens with one attached hydrogen (secondary N) is 1. The Morgan fingerprint density at radius 2 is 1.42 bits per heavy atom. The molecule has 24 heavy (non-hydrogen) atoms. The van der Waals surface area contributed by atoms with Crippen LogP contribution in [-0.4, -0.2) is 0 Å². The zero-order valence-corrected chi connectivity index (χ0v) is 14.4. The fourth-order valence-electron chi connectivity index (χ4n) is 2.33. The van der Waals surface area contributed by atoms with Gasteiger partial charge in [-0.2, -0.15) is 0 Å². The Kier molecular flexibility index (Phi) is 5.39. The zero-order chi connectivity index (χ0) is 16.8. The lowest BCUT2D eigenvalue weighted by Gasteiger charge is -2.09. The first-order chi connectivity index (χ1) is 11.7. The Morgan fingerprint density at radius 1 is 0.792 bits per heavy atom. The largest absolute Gasteiger partial charge is 0.489 e. The molecule has 3 heteroatoms. The van der Waals surface area contributed by atoms with E-state index < -0.39 is 0 Å². The van der Waals surface area contributed by atoms with Gasteiger partial charge in [-0.25, -0.2) is 0 Å². The molecule has 3 aromatic carbocycles. The lowest BCUT2D eigenvalue weighted by molar-refractivity contribution is 0.306. The van der Waals surface area contributed by atoms with E-state index in [4.69, 9.17) is 16.3 Å². The van der Waals surface area contributed by atoms with E-state index >= 15 is 0 Å². The number of hydrogen-bond donors (Lipinski definition) is 1. The Morgan fingerprint density at radius 3 is 2.08 bits per heavy atom. The van der Waals surface area contributed by atoms with Gasteiger partial charge in [0.15, 0.2) is 0 Å². The molecule has 0 radical (unpaired) electrons. The normalized spacial score (nSPS) is 10.4. The van der Waals surface area contributed by atoms with Crippen LogP contribution in [-0.2, 0) is 13.2 Å². The number of ether oxygens (including phenoxy) is 1. The molecule has 1 N–H and O–H groups in total. The maximum Gasteiger partial charge on any atom is 0.119 e. The van der Waals surface area contributed by atoms with Gasteiger partial charge in [0.25, 0.3) is 0 Å².